The van der Waals surface area contributed by atoms with Crippen LogP contribution in [0.25, 0.3) is 0 Å². The molecule has 0 bridgehead atoms. The third kappa shape index (κ3) is 5.13. The fourth-order valence-corrected chi connectivity index (χ4v) is 2.64. The van der Waals surface area contributed by atoms with E-state index in [1.54, 1.807) is 7.11 Å². The Balaban J connectivity index is 1.94. The van der Waals surface area contributed by atoms with Gasteiger partial charge in [-0.05, 0) is 49.4 Å². The predicted molar refractivity (Wildman–Crippen MR) is 80.2 cm³/mol. The van der Waals surface area contributed by atoms with Crippen LogP contribution in [-0.4, -0.2) is 25.9 Å². The van der Waals surface area contributed by atoms with E-state index in [4.69, 9.17) is 15.2 Å². The molecule has 1 aliphatic rings. The minimum absolute atomic E-state index is 0.186. The maximum absolute atomic E-state index is 13.6. The lowest BCUT2D eigenvalue weighted by atomic mass is 9.95. The van der Waals surface area contributed by atoms with E-state index in [0.717, 1.165) is 31.2 Å². The molecule has 21 heavy (non-hydrogen) atoms. The number of hydrogen-bond donors (Lipinski definition) is 1. The second-order valence-corrected chi connectivity index (χ2v) is 5.31. The molecule has 2 N–H and O–H groups in total. The maximum Gasteiger partial charge on any atom is 0.124 e. The molecular formula is C17H22FNO2. The summed E-state index contributed by atoms with van der Waals surface area (Å²) >= 11 is 0. The standard InChI is InChI=1S/C17H22FNO2/c1-20-16-5-2-6-17(11-16)21-12-14-8-13(4-3-7-19)9-15(18)10-14/h8-10,16-17H,2,5-7,11-12,19H2,1H3. The Bertz CT molecular complexity index is 521. The highest BCUT2D eigenvalue weighted by atomic mass is 19.1. The fourth-order valence-electron chi connectivity index (χ4n) is 2.64. The molecule has 2 unspecified atom stereocenters. The first-order valence-electron chi connectivity index (χ1n) is 7.34. The first-order valence-corrected chi connectivity index (χ1v) is 7.34. The Morgan fingerprint density at radius 3 is 2.86 bits per heavy atom. The molecule has 1 aromatic rings. The normalized spacial score (nSPS) is 21.7. The molecule has 1 aliphatic carbocycles. The van der Waals surface area contributed by atoms with Crippen molar-refractivity contribution in [3.05, 3.63) is 35.1 Å². The lowest BCUT2D eigenvalue weighted by molar-refractivity contribution is -0.0364. The highest BCUT2D eigenvalue weighted by molar-refractivity contribution is 5.37. The van der Waals surface area contributed by atoms with E-state index in [9.17, 15) is 4.39 Å². The van der Waals surface area contributed by atoms with E-state index < -0.39 is 0 Å². The molecule has 2 rings (SSSR count). The number of nitrogens with two attached hydrogens (primary N) is 1. The third-order valence-corrected chi connectivity index (χ3v) is 3.69. The van der Waals surface area contributed by atoms with Crippen LogP contribution in [0.1, 0.15) is 36.8 Å². The molecule has 1 aromatic carbocycles. The van der Waals surface area contributed by atoms with E-state index >= 15 is 0 Å². The molecule has 0 aromatic heterocycles. The summed E-state index contributed by atoms with van der Waals surface area (Å²) in [5.74, 6) is 5.29. The van der Waals surface area contributed by atoms with Gasteiger partial charge in [-0.15, -0.1) is 0 Å². The van der Waals surface area contributed by atoms with Gasteiger partial charge in [0, 0.05) is 12.7 Å². The van der Waals surface area contributed by atoms with Crippen molar-refractivity contribution in [2.75, 3.05) is 13.7 Å². The topological polar surface area (TPSA) is 44.5 Å². The molecule has 3 nitrogen and oxygen atoms in total. The van der Waals surface area contributed by atoms with Crippen LogP contribution in [0.4, 0.5) is 4.39 Å². The highest BCUT2D eigenvalue weighted by Gasteiger charge is 2.22. The molecule has 0 heterocycles. The zero-order valence-electron chi connectivity index (χ0n) is 12.4. The molecule has 2 atom stereocenters. The Kier molecular flexibility index (Phi) is 6.19. The van der Waals surface area contributed by atoms with Gasteiger partial charge >= 0.3 is 0 Å². The first kappa shape index (κ1) is 16.0. The van der Waals surface area contributed by atoms with Gasteiger partial charge in [-0.3, -0.25) is 0 Å². The fraction of sp³-hybridized carbons (Fsp3) is 0.529. The van der Waals surface area contributed by atoms with Gasteiger partial charge in [0.1, 0.15) is 5.82 Å². The van der Waals surface area contributed by atoms with Gasteiger partial charge in [0.15, 0.2) is 0 Å². The highest BCUT2D eigenvalue weighted by Crippen LogP contribution is 2.24. The number of benzene rings is 1. The summed E-state index contributed by atoms with van der Waals surface area (Å²) < 4.78 is 24.8. The summed E-state index contributed by atoms with van der Waals surface area (Å²) in [5, 5.41) is 0. The van der Waals surface area contributed by atoms with Crippen molar-refractivity contribution in [3.63, 3.8) is 0 Å². The van der Waals surface area contributed by atoms with Gasteiger partial charge in [0.2, 0.25) is 0 Å². The Morgan fingerprint density at radius 2 is 2.10 bits per heavy atom. The lowest BCUT2D eigenvalue weighted by Crippen LogP contribution is -2.27. The molecule has 114 valence electrons. The van der Waals surface area contributed by atoms with Crippen LogP contribution in [0, 0.1) is 17.7 Å². The zero-order chi connectivity index (χ0) is 15.1. The average molecular weight is 291 g/mol. The van der Waals surface area contributed by atoms with Crippen LogP contribution >= 0.6 is 0 Å². The van der Waals surface area contributed by atoms with Gasteiger partial charge in [0.05, 0.1) is 25.4 Å². The maximum atomic E-state index is 13.6. The van der Waals surface area contributed by atoms with E-state index in [-0.39, 0.29) is 24.6 Å². The number of ether oxygens (including phenoxy) is 2. The van der Waals surface area contributed by atoms with Gasteiger partial charge in [-0.25, -0.2) is 4.39 Å². The van der Waals surface area contributed by atoms with Crippen molar-refractivity contribution in [2.45, 2.75) is 44.5 Å². The van der Waals surface area contributed by atoms with Crippen molar-refractivity contribution in [2.24, 2.45) is 5.73 Å². The molecule has 0 amide bonds. The second kappa shape index (κ2) is 8.14. The molecule has 0 saturated heterocycles. The van der Waals surface area contributed by atoms with Crippen molar-refractivity contribution >= 4 is 0 Å². The molecule has 0 radical (unpaired) electrons. The molecule has 0 aliphatic heterocycles. The second-order valence-electron chi connectivity index (χ2n) is 5.31. The monoisotopic (exact) mass is 291 g/mol. The number of methoxy groups -OCH3 is 1. The molecule has 1 fully saturated rings. The Morgan fingerprint density at radius 1 is 1.29 bits per heavy atom. The number of rotatable bonds is 4. The van der Waals surface area contributed by atoms with E-state index in [1.807, 2.05) is 6.07 Å². The van der Waals surface area contributed by atoms with E-state index in [2.05, 4.69) is 11.8 Å². The van der Waals surface area contributed by atoms with Crippen LogP contribution in [-0.2, 0) is 16.1 Å². The number of halogens is 1. The van der Waals surface area contributed by atoms with Crippen molar-refractivity contribution in [3.8, 4) is 11.8 Å². The van der Waals surface area contributed by atoms with Crippen LogP contribution in [0.15, 0.2) is 18.2 Å². The van der Waals surface area contributed by atoms with E-state index in [0.29, 0.717) is 12.2 Å². The van der Waals surface area contributed by atoms with Crippen molar-refractivity contribution in [1.29, 1.82) is 0 Å². The third-order valence-electron chi connectivity index (χ3n) is 3.69. The summed E-state index contributed by atoms with van der Waals surface area (Å²) in [6.07, 6.45) is 4.61. The van der Waals surface area contributed by atoms with Crippen LogP contribution in [0.3, 0.4) is 0 Å². The van der Waals surface area contributed by atoms with Crippen molar-refractivity contribution in [1.82, 2.24) is 0 Å². The summed E-state index contributed by atoms with van der Waals surface area (Å²) in [6, 6.07) is 4.75. The first-order chi connectivity index (χ1) is 10.2. The summed E-state index contributed by atoms with van der Waals surface area (Å²) in [5.41, 5.74) is 6.77. The summed E-state index contributed by atoms with van der Waals surface area (Å²) in [4.78, 5) is 0. The molecule has 1 saturated carbocycles. The van der Waals surface area contributed by atoms with Crippen LogP contribution in [0.2, 0.25) is 0 Å². The van der Waals surface area contributed by atoms with E-state index in [1.165, 1.54) is 12.1 Å². The van der Waals surface area contributed by atoms with Gasteiger partial charge < -0.3 is 15.2 Å². The minimum atomic E-state index is -0.296. The quantitative estimate of drug-likeness (QED) is 0.867. The predicted octanol–water partition coefficient (Wildman–Crippen LogP) is 2.61. The molecule has 4 heteroatoms. The van der Waals surface area contributed by atoms with Crippen LogP contribution in [0.5, 0.6) is 0 Å². The smallest absolute Gasteiger partial charge is 0.124 e. The minimum Gasteiger partial charge on any atom is -0.381 e. The SMILES string of the molecule is COC1CCCC(OCc2cc(F)cc(C#CCN)c2)C1. The Hall–Kier alpha value is -1.41. The summed E-state index contributed by atoms with van der Waals surface area (Å²) in [7, 11) is 1.74. The lowest BCUT2D eigenvalue weighted by Gasteiger charge is -2.28. The Labute approximate surface area is 125 Å². The number of hydrogen-bond acceptors (Lipinski definition) is 3. The van der Waals surface area contributed by atoms with Gasteiger partial charge in [-0.2, -0.15) is 0 Å². The van der Waals surface area contributed by atoms with Gasteiger partial charge in [-0.1, -0.05) is 11.8 Å². The zero-order valence-corrected chi connectivity index (χ0v) is 12.4. The van der Waals surface area contributed by atoms with Crippen LogP contribution < -0.4 is 5.73 Å². The molecular weight excluding hydrogens is 269 g/mol. The van der Waals surface area contributed by atoms with Crippen molar-refractivity contribution < 1.29 is 13.9 Å². The average Bonchev–Trinajstić information content (AvgIpc) is 2.50. The summed E-state index contributed by atoms with van der Waals surface area (Å²) in [6.45, 7) is 0.666. The van der Waals surface area contributed by atoms with Gasteiger partial charge in [0.25, 0.3) is 0 Å². The largest absolute Gasteiger partial charge is 0.381 e. The molecule has 0 spiro atoms.